The first-order chi connectivity index (χ1) is 9.12. The van der Waals surface area contributed by atoms with Crippen molar-refractivity contribution in [1.29, 1.82) is 0 Å². The van der Waals surface area contributed by atoms with Gasteiger partial charge in [0.2, 0.25) is 0 Å². The fraction of sp³-hybridized carbons (Fsp3) is 0.929. The monoisotopic (exact) mass is 289 g/mol. The zero-order valence-electron chi connectivity index (χ0n) is 12.4. The van der Waals surface area contributed by atoms with Gasteiger partial charge >= 0.3 is 5.97 Å². The van der Waals surface area contributed by atoms with Crippen LogP contribution in [-0.2, 0) is 14.3 Å². The average molecular weight is 289 g/mol. The molecule has 0 bridgehead atoms. The zero-order valence-corrected chi connectivity index (χ0v) is 13.2. The summed E-state index contributed by atoms with van der Waals surface area (Å²) in [5.74, 6) is 2.07. The van der Waals surface area contributed by atoms with Gasteiger partial charge in [0.25, 0.3) is 0 Å². The van der Waals surface area contributed by atoms with E-state index in [0.717, 1.165) is 37.4 Å². The van der Waals surface area contributed by atoms with Crippen molar-refractivity contribution in [3.05, 3.63) is 0 Å². The van der Waals surface area contributed by atoms with Gasteiger partial charge in [-0.1, -0.05) is 6.42 Å². The first kappa shape index (κ1) is 16.8. The van der Waals surface area contributed by atoms with Crippen molar-refractivity contribution in [3.8, 4) is 0 Å². The lowest BCUT2D eigenvalue weighted by Gasteiger charge is -2.25. The molecular weight excluding hydrogens is 262 g/mol. The second kappa shape index (κ2) is 8.82. The summed E-state index contributed by atoms with van der Waals surface area (Å²) in [5.41, 5.74) is -0.548. The summed E-state index contributed by atoms with van der Waals surface area (Å²) < 4.78 is 10.4. The summed E-state index contributed by atoms with van der Waals surface area (Å²) in [4.78, 5) is 11.7. The molecule has 0 aromatic rings. The Morgan fingerprint density at radius 2 is 2.32 bits per heavy atom. The third kappa shape index (κ3) is 5.71. The highest BCUT2D eigenvalue weighted by atomic mass is 32.2. The molecule has 0 aromatic carbocycles. The Balaban J connectivity index is 2.06. The fourth-order valence-corrected chi connectivity index (χ4v) is 3.33. The quantitative estimate of drug-likeness (QED) is 0.521. The van der Waals surface area contributed by atoms with E-state index in [1.807, 2.05) is 25.7 Å². The number of esters is 1. The van der Waals surface area contributed by atoms with Crippen LogP contribution in [0.5, 0.6) is 0 Å². The number of ether oxygens (including phenoxy) is 2. The van der Waals surface area contributed by atoms with Crippen LogP contribution >= 0.6 is 11.8 Å². The lowest BCUT2D eigenvalue weighted by molar-refractivity contribution is -0.148. The van der Waals surface area contributed by atoms with Crippen LogP contribution in [0.25, 0.3) is 0 Å². The molecule has 112 valence electrons. The van der Waals surface area contributed by atoms with Crippen LogP contribution in [0.2, 0.25) is 0 Å². The van der Waals surface area contributed by atoms with E-state index in [9.17, 15) is 4.79 Å². The third-order valence-corrected chi connectivity index (χ3v) is 4.92. The number of carbonyl (C=O) groups excluding carboxylic acids is 1. The molecule has 2 unspecified atom stereocenters. The number of likely N-dealkylation sites (N-methyl/N-ethyl adjacent to an activating group) is 1. The second-order valence-electron chi connectivity index (χ2n) is 5.24. The number of nitrogens with one attached hydrogen (secondary N) is 1. The molecule has 4 nitrogen and oxygen atoms in total. The van der Waals surface area contributed by atoms with Crippen LogP contribution in [-0.4, -0.2) is 49.9 Å². The number of hydrogen-bond acceptors (Lipinski definition) is 5. The first-order valence-electron chi connectivity index (χ1n) is 7.09. The molecule has 1 saturated heterocycles. The third-order valence-electron chi connectivity index (χ3n) is 3.73. The Bertz CT molecular complexity index is 269. The van der Waals surface area contributed by atoms with Gasteiger partial charge in [-0.3, -0.25) is 4.79 Å². The van der Waals surface area contributed by atoms with Crippen molar-refractivity contribution in [3.63, 3.8) is 0 Å². The fourth-order valence-electron chi connectivity index (χ4n) is 2.23. The summed E-state index contributed by atoms with van der Waals surface area (Å²) >= 11 is 1.96. The van der Waals surface area contributed by atoms with E-state index in [2.05, 4.69) is 5.32 Å². The molecule has 2 atom stereocenters. The second-order valence-corrected chi connectivity index (χ2v) is 6.39. The highest BCUT2D eigenvalue weighted by molar-refractivity contribution is 7.99. The summed E-state index contributed by atoms with van der Waals surface area (Å²) in [5, 5.41) is 3.06. The summed E-state index contributed by atoms with van der Waals surface area (Å²) in [7, 11) is 3.25. The van der Waals surface area contributed by atoms with E-state index in [4.69, 9.17) is 9.47 Å². The molecule has 0 radical (unpaired) electrons. The van der Waals surface area contributed by atoms with Crippen molar-refractivity contribution >= 4 is 17.7 Å². The number of rotatable bonds is 9. The maximum atomic E-state index is 11.7. The predicted molar refractivity (Wildman–Crippen MR) is 79.6 cm³/mol. The number of hydrogen-bond donors (Lipinski definition) is 1. The van der Waals surface area contributed by atoms with Crippen molar-refractivity contribution in [2.75, 3.05) is 32.3 Å². The molecule has 0 amide bonds. The minimum atomic E-state index is -0.548. The van der Waals surface area contributed by atoms with Crippen molar-refractivity contribution < 1.29 is 14.3 Å². The van der Waals surface area contributed by atoms with E-state index in [0.29, 0.717) is 6.10 Å². The highest BCUT2D eigenvalue weighted by Crippen LogP contribution is 2.20. The molecule has 1 N–H and O–H groups in total. The first-order valence-corrected chi connectivity index (χ1v) is 8.24. The Kier molecular flexibility index (Phi) is 7.80. The van der Waals surface area contributed by atoms with Gasteiger partial charge in [-0.2, -0.15) is 11.8 Å². The molecule has 0 saturated carbocycles. The number of methoxy groups -OCH3 is 1. The average Bonchev–Trinajstić information content (AvgIpc) is 2.94. The highest BCUT2D eigenvalue weighted by Gasteiger charge is 2.31. The van der Waals surface area contributed by atoms with Gasteiger partial charge in [0.05, 0.1) is 13.2 Å². The molecule has 5 heteroatoms. The topological polar surface area (TPSA) is 47.6 Å². The molecule has 1 fully saturated rings. The molecule has 1 aliphatic rings. The van der Waals surface area contributed by atoms with Gasteiger partial charge in [-0.05, 0) is 45.4 Å². The van der Waals surface area contributed by atoms with E-state index < -0.39 is 5.54 Å². The van der Waals surface area contributed by atoms with E-state index in [1.165, 1.54) is 20.0 Å². The Hall–Kier alpha value is -0.260. The molecule has 19 heavy (non-hydrogen) atoms. The van der Waals surface area contributed by atoms with E-state index in [-0.39, 0.29) is 5.97 Å². The summed E-state index contributed by atoms with van der Waals surface area (Å²) in [6, 6.07) is 0. The van der Waals surface area contributed by atoms with Crippen molar-refractivity contribution in [2.45, 2.75) is 50.7 Å². The molecule has 0 aliphatic carbocycles. The standard InChI is InChI=1S/C14H27NO3S/c1-14(15-2,13(16)17-3)8-4-5-10-19-11-12-7-6-9-18-12/h12,15H,4-11H2,1-3H3. The Morgan fingerprint density at radius 3 is 2.89 bits per heavy atom. The summed E-state index contributed by atoms with van der Waals surface area (Å²) in [6.07, 6.45) is 5.88. The van der Waals surface area contributed by atoms with Crippen LogP contribution in [0, 0.1) is 0 Å². The van der Waals surface area contributed by atoms with Crippen LogP contribution in [0.1, 0.15) is 39.0 Å². The Labute approximate surface area is 121 Å². The molecule has 1 rings (SSSR count). The molecular formula is C14H27NO3S. The van der Waals surface area contributed by atoms with Crippen LogP contribution in [0.3, 0.4) is 0 Å². The van der Waals surface area contributed by atoms with Crippen LogP contribution in [0.15, 0.2) is 0 Å². The van der Waals surface area contributed by atoms with Crippen molar-refractivity contribution in [2.24, 2.45) is 0 Å². The van der Waals surface area contributed by atoms with Crippen molar-refractivity contribution in [1.82, 2.24) is 5.32 Å². The lowest BCUT2D eigenvalue weighted by Crippen LogP contribution is -2.48. The molecule has 0 spiro atoms. The summed E-state index contributed by atoms with van der Waals surface area (Å²) in [6.45, 7) is 2.84. The smallest absolute Gasteiger partial charge is 0.325 e. The van der Waals surface area contributed by atoms with Crippen LogP contribution < -0.4 is 5.32 Å². The zero-order chi connectivity index (χ0) is 14.1. The van der Waals surface area contributed by atoms with Gasteiger partial charge in [0.1, 0.15) is 5.54 Å². The molecule has 1 heterocycles. The van der Waals surface area contributed by atoms with Gasteiger partial charge in [-0.25, -0.2) is 0 Å². The molecule has 1 aliphatic heterocycles. The minimum absolute atomic E-state index is 0.179. The van der Waals surface area contributed by atoms with Gasteiger partial charge in [0, 0.05) is 12.4 Å². The Morgan fingerprint density at radius 1 is 1.53 bits per heavy atom. The predicted octanol–water partition coefficient (Wildman–Crippen LogP) is 2.22. The SMILES string of the molecule is CNC(C)(CCCCSCC1CCCO1)C(=O)OC. The number of thioether (sulfide) groups is 1. The minimum Gasteiger partial charge on any atom is -0.468 e. The normalized spacial score (nSPS) is 22.2. The van der Waals surface area contributed by atoms with Gasteiger partial charge in [-0.15, -0.1) is 0 Å². The lowest BCUT2D eigenvalue weighted by atomic mass is 9.95. The van der Waals surface area contributed by atoms with Crippen LogP contribution in [0.4, 0.5) is 0 Å². The maximum absolute atomic E-state index is 11.7. The maximum Gasteiger partial charge on any atom is 0.325 e. The van der Waals surface area contributed by atoms with E-state index >= 15 is 0 Å². The molecule has 0 aromatic heterocycles. The van der Waals surface area contributed by atoms with E-state index in [1.54, 1.807) is 0 Å². The number of unbranched alkanes of at least 4 members (excludes halogenated alkanes) is 1. The van der Waals surface area contributed by atoms with Gasteiger partial charge < -0.3 is 14.8 Å². The largest absolute Gasteiger partial charge is 0.468 e. The number of carbonyl (C=O) groups is 1. The van der Waals surface area contributed by atoms with Gasteiger partial charge in [0.15, 0.2) is 0 Å².